The third-order valence-corrected chi connectivity index (χ3v) is 6.07. The third-order valence-electron chi connectivity index (χ3n) is 6.07. The summed E-state index contributed by atoms with van der Waals surface area (Å²) < 4.78 is 5.68. The molecule has 1 fully saturated rings. The summed E-state index contributed by atoms with van der Waals surface area (Å²) >= 11 is 0. The van der Waals surface area contributed by atoms with E-state index in [0.717, 1.165) is 39.0 Å². The minimum absolute atomic E-state index is 0.292. The fourth-order valence-corrected chi connectivity index (χ4v) is 4.07. The molecule has 0 aromatic carbocycles. The van der Waals surface area contributed by atoms with E-state index in [9.17, 15) is 15.0 Å². The Morgan fingerprint density at radius 1 is 1.22 bits per heavy atom. The van der Waals surface area contributed by atoms with Crippen LogP contribution in [0, 0.1) is 11.8 Å². The Bertz CT molecular complexity index is 446. The SMILES string of the molecule is CCCCCCC=C[C@@H]1[C@@H](CCCCC(O)C(C)(O)C(=O)O)CC[C@H]1OC. The van der Waals surface area contributed by atoms with Gasteiger partial charge >= 0.3 is 5.97 Å². The Balaban J connectivity index is 2.39. The first-order valence-corrected chi connectivity index (χ1v) is 10.7. The summed E-state index contributed by atoms with van der Waals surface area (Å²) in [5.41, 5.74) is -2.07. The Morgan fingerprint density at radius 3 is 2.59 bits per heavy atom. The van der Waals surface area contributed by atoms with Crippen molar-refractivity contribution < 1.29 is 24.9 Å². The van der Waals surface area contributed by atoms with Gasteiger partial charge in [-0.2, -0.15) is 0 Å². The molecule has 5 heteroatoms. The Kier molecular flexibility index (Phi) is 11.2. The van der Waals surface area contributed by atoms with E-state index in [-0.39, 0.29) is 0 Å². The molecule has 1 aliphatic rings. The second-order valence-electron chi connectivity index (χ2n) is 8.22. The average Bonchev–Trinajstić information content (AvgIpc) is 3.03. The number of methoxy groups -OCH3 is 1. The average molecular weight is 385 g/mol. The number of carboxylic acid groups (broad SMARTS) is 1. The zero-order valence-corrected chi connectivity index (χ0v) is 17.4. The summed E-state index contributed by atoms with van der Waals surface area (Å²) in [6, 6.07) is 0. The quantitative estimate of drug-likeness (QED) is 0.307. The molecule has 0 saturated heterocycles. The van der Waals surface area contributed by atoms with Crippen LogP contribution in [0.4, 0.5) is 0 Å². The molecule has 1 aliphatic carbocycles. The highest BCUT2D eigenvalue weighted by atomic mass is 16.5. The van der Waals surface area contributed by atoms with Gasteiger partial charge in [0.15, 0.2) is 5.60 Å². The molecular formula is C22H40O5. The van der Waals surface area contributed by atoms with E-state index in [4.69, 9.17) is 9.84 Å². The number of aliphatic carboxylic acids is 1. The number of allylic oxidation sites excluding steroid dienone is 1. The highest BCUT2D eigenvalue weighted by Gasteiger charge is 2.38. The molecule has 5 atom stereocenters. The molecule has 158 valence electrons. The summed E-state index contributed by atoms with van der Waals surface area (Å²) in [4.78, 5) is 11.0. The second-order valence-corrected chi connectivity index (χ2v) is 8.22. The normalized spacial score (nSPS) is 26.3. The number of hydrogen-bond donors (Lipinski definition) is 3. The van der Waals surface area contributed by atoms with Crippen LogP contribution in [0.15, 0.2) is 12.2 Å². The van der Waals surface area contributed by atoms with Crippen LogP contribution in [0.3, 0.4) is 0 Å². The van der Waals surface area contributed by atoms with Crippen molar-refractivity contribution in [1.82, 2.24) is 0 Å². The van der Waals surface area contributed by atoms with E-state index in [2.05, 4.69) is 19.1 Å². The van der Waals surface area contributed by atoms with Crippen molar-refractivity contribution in [2.75, 3.05) is 7.11 Å². The van der Waals surface area contributed by atoms with Crippen LogP contribution in [0.2, 0.25) is 0 Å². The van der Waals surface area contributed by atoms with Gasteiger partial charge in [0.25, 0.3) is 0 Å². The zero-order valence-electron chi connectivity index (χ0n) is 17.4. The minimum atomic E-state index is -2.07. The maximum atomic E-state index is 11.0. The number of hydrogen-bond acceptors (Lipinski definition) is 4. The lowest BCUT2D eigenvalue weighted by molar-refractivity contribution is -0.169. The van der Waals surface area contributed by atoms with E-state index in [0.29, 0.717) is 30.8 Å². The van der Waals surface area contributed by atoms with Gasteiger partial charge in [0.05, 0.1) is 12.2 Å². The summed E-state index contributed by atoms with van der Waals surface area (Å²) in [6.45, 7) is 3.38. The minimum Gasteiger partial charge on any atom is -0.479 e. The van der Waals surface area contributed by atoms with E-state index < -0.39 is 17.7 Å². The highest BCUT2D eigenvalue weighted by molar-refractivity contribution is 5.77. The Hall–Kier alpha value is -0.910. The van der Waals surface area contributed by atoms with Crippen LogP contribution >= 0.6 is 0 Å². The van der Waals surface area contributed by atoms with Crippen LogP contribution < -0.4 is 0 Å². The number of aliphatic hydroxyl groups is 2. The van der Waals surface area contributed by atoms with E-state index >= 15 is 0 Å². The van der Waals surface area contributed by atoms with Gasteiger partial charge < -0.3 is 20.1 Å². The van der Waals surface area contributed by atoms with Crippen LogP contribution in [-0.2, 0) is 9.53 Å². The zero-order chi connectivity index (χ0) is 20.3. The molecule has 5 nitrogen and oxygen atoms in total. The number of unbranched alkanes of at least 4 members (excludes halogenated alkanes) is 5. The predicted molar refractivity (Wildman–Crippen MR) is 108 cm³/mol. The van der Waals surface area contributed by atoms with Gasteiger partial charge in [-0.3, -0.25) is 0 Å². The summed E-state index contributed by atoms with van der Waals surface area (Å²) in [5.74, 6) is -0.343. The molecule has 1 saturated carbocycles. The lowest BCUT2D eigenvalue weighted by atomic mass is 9.88. The summed E-state index contributed by atoms with van der Waals surface area (Å²) in [7, 11) is 1.79. The molecule has 3 N–H and O–H groups in total. The van der Waals surface area contributed by atoms with Gasteiger partial charge in [-0.05, 0) is 51.4 Å². The number of rotatable bonds is 14. The first-order valence-electron chi connectivity index (χ1n) is 10.7. The first-order chi connectivity index (χ1) is 12.8. The molecule has 2 unspecified atom stereocenters. The first kappa shape index (κ1) is 24.1. The van der Waals surface area contributed by atoms with Gasteiger partial charge in [-0.1, -0.05) is 51.2 Å². The molecule has 0 spiro atoms. The molecule has 0 aliphatic heterocycles. The van der Waals surface area contributed by atoms with E-state index in [1.54, 1.807) is 7.11 Å². The molecule has 1 rings (SSSR count). The van der Waals surface area contributed by atoms with Crippen molar-refractivity contribution in [2.45, 2.75) is 102 Å². The fraction of sp³-hybridized carbons (Fsp3) is 0.864. The fourth-order valence-electron chi connectivity index (χ4n) is 4.07. The van der Waals surface area contributed by atoms with Gasteiger partial charge in [-0.25, -0.2) is 4.79 Å². The van der Waals surface area contributed by atoms with Gasteiger partial charge in [-0.15, -0.1) is 0 Å². The number of carbonyl (C=O) groups is 1. The van der Waals surface area contributed by atoms with Crippen molar-refractivity contribution >= 4 is 5.97 Å². The lowest BCUT2D eigenvalue weighted by Gasteiger charge is -2.25. The molecule has 0 bridgehead atoms. The van der Waals surface area contributed by atoms with Crippen molar-refractivity contribution in [3.05, 3.63) is 12.2 Å². The summed E-state index contributed by atoms with van der Waals surface area (Å²) in [6.07, 6.45) is 15.2. The number of aliphatic hydroxyl groups excluding tert-OH is 1. The monoisotopic (exact) mass is 384 g/mol. The molecule has 0 heterocycles. The second kappa shape index (κ2) is 12.5. The molecule has 0 aromatic rings. The standard InChI is InChI=1S/C22H40O5/c1-4-5-6-7-8-9-13-18-17(15-16-19(18)27-3)12-10-11-14-20(23)22(2,26)21(24)25/h9,13,17-20,23,26H,4-8,10-12,14-16H2,1-3H3,(H,24,25)/t17-,18+,19+,20?,22?/m0/s1. The van der Waals surface area contributed by atoms with Crippen LogP contribution in [-0.4, -0.2) is 46.2 Å². The molecule has 27 heavy (non-hydrogen) atoms. The van der Waals surface area contributed by atoms with E-state index in [1.165, 1.54) is 25.7 Å². The van der Waals surface area contributed by atoms with Crippen molar-refractivity contribution in [1.29, 1.82) is 0 Å². The number of ether oxygens (including phenoxy) is 1. The van der Waals surface area contributed by atoms with E-state index in [1.807, 2.05) is 0 Å². The Labute approximate surface area is 164 Å². The molecular weight excluding hydrogens is 344 g/mol. The third kappa shape index (κ3) is 7.92. The maximum absolute atomic E-state index is 11.0. The number of carboxylic acids is 1. The van der Waals surface area contributed by atoms with Gasteiger partial charge in [0.2, 0.25) is 0 Å². The van der Waals surface area contributed by atoms with Crippen molar-refractivity contribution in [3.8, 4) is 0 Å². The topological polar surface area (TPSA) is 87.0 Å². The highest BCUT2D eigenvalue weighted by Crippen LogP contribution is 2.38. The van der Waals surface area contributed by atoms with Gasteiger partial charge in [0.1, 0.15) is 0 Å². The largest absolute Gasteiger partial charge is 0.479 e. The summed E-state index contributed by atoms with van der Waals surface area (Å²) in [5, 5.41) is 28.6. The smallest absolute Gasteiger partial charge is 0.338 e. The van der Waals surface area contributed by atoms with Gasteiger partial charge in [0, 0.05) is 13.0 Å². The van der Waals surface area contributed by atoms with Crippen LogP contribution in [0.25, 0.3) is 0 Å². The molecule has 0 aromatic heterocycles. The predicted octanol–water partition coefficient (Wildman–Crippen LogP) is 4.31. The van der Waals surface area contributed by atoms with Crippen LogP contribution in [0.1, 0.15) is 84.5 Å². The van der Waals surface area contributed by atoms with Crippen LogP contribution in [0.5, 0.6) is 0 Å². The van der Waals surface area contributed by atoms with Crippen molar-refractivity contribution in [3.63, 3.8) is 0 Å². The van der Waals surface area contributed by atoms with Crippen molar-refractivity contribution in [2.24, 2.45) is 11.8 Å². The Morgan fingerprint density at radius 2 is 1.96 bits per heavy atom. The maximum Gasteiger partial charge on any atom is 0.338 e. The molecule has 0 radical (unpaired) electrons. The lowest BCUT2D eigenvalue weighted by Crippen LogP contribution is -2.46. The molecule has 0 amide bonds.